The number of aromatic nitrogens is 2. The summed E-state index contributed by atoms with van der Waals surface area (Å²) in [6.07, 6.45) is 0. The number of guanidine groups is 1. The Labute approximate surface area is 168 Å². The van der Waals surface area contributed by atoms with Gasteiger partial charge in [-0.3, -0.25) is 4.68 Å². The van der Waals surface area contributed by atoms with E-state index in [1.807, 2.05) is 18.7 Å². The molecular formula is C19H30IN5. The first-order valence-corrected chi connectivity index (χ1v) is 8.49. The number of benzene rings is 1. The maximum Gasteiger partial charge on any atom is 0.191 e. The molecule has 25 heavy (non-hydrogen) atoms. The number of nitrogens with one attached hydrogen (secondary N) is 2. The lowest BCUT2D eigenvalue weighted by Crippen LogP contribution is -2.37. The average molecular weight is 455 g/mol. The van der Waals surface area contributed by atoms with Crippen LogP contribution in [0.15, 0.2) is 23.2 Å². The Morgan fingerprint density at radius 3 is 2.44 bits per heavy atom. The van der Waals surface area contributed by atoms with Gasteiger partial charge in [-0.1, -0.05) is 23.8 Å². The van der Waals surface area contributed by atoms with Crippen molar-refractivity contribution in [2.75, 3.05) is 6.54 Å². The molecule has 0 aliphatic heterocycles. The molecule has 0 aliphatic rings. The van der Waals surface area contributed by atoms with Crippen LogP contribution in [-0.4, -0.2) is 22.3 Å². The molecule has 0 bridgehead atoms. The lowest BCUT2D eigenvalue weighted by molar-refractivity contribution is 0.728. The van der Waals surface area contributed by atoms with E-state index in [-0.39, 0.29) is 24.0 Å². The van der Waals surface area contributed by atoms with Gasteiger partial charge in [0.05, 0.1) is 12.2 Å². The molecule has 1 aromatic carbocycles. The Kier molecular flexibility index (Phi) is 8.41. The van der Waals surface area contributed by atoms with Crippen LogP contribution in [0.3, 0.4) is 0 Å². The average Bonchev–Trinajstić information content (AvgIpc) is 2.77. The zero-order valence-electron chi connectivity index (χ0n) is 16.1. The van der Waals surface area contributed by atoms with Crippen molar-refractivity contribution in [1.29, 1.82) is 0 Å². The van der Waals surface area contributed by atoms with Gasteiger partial charge >= 0.3 is 0 Å². The summed E-state index contributed by atoms with van der Waals surface area (Å²) in [6, 6.07) is 6.50. The molecule has 0 saturated heterocycles. The molecule has 0 aliphatic carbocycles. The van der Waals surface area contributed by atoms with Gasteiger partial charge in [0.15, 0.2) is 5.96 Å². The molecule has 6 heteroatoms. The summed E-state index contributed by atoms with van der Waals surface area (Å²) in [5, 5.41) is 11.2. The first-order chi connectivity index (χ1) is 11.4. The van der Waals surface area contributed by atoms with Crippen LogP contribution in [-0.2, 0) is 20.1 Å². The van der Waals surface area contributed by atoms with E-state index in [1.54, 1.807) is 0 Å². The number of nitrogens with zero attached hydrogens (tertiary/aromatic N) is 3. The van der Waals surface area contributed by atoms with E-state index in [1.165, 1.54) is 27.9 Å². The van der Waals surface area contributed by atoms with Crippen molar-refractivity contribution in [3.05, 3.63) is 51.8 Å². The molecule has 0 atom stereocenters. The maximum absolute atomic E-state index is 4.72. The SMILES string of the molecule is CCNC(=NCc1ccc(C)cc1C)NCc1c(C)nn(C)c1C.I. The molecular weight excluding hydrogens is 425 g/mol. The monoisotopic (exact) mass is 455 g/mol. The normalized spacial score (nSPS) is 11.2. The highest BCUT2D eigenvalue weighted by atomic mass is 127. The number of hydrogen-bond acceptors (Lipinski definition) is 2. The molecule has 1 heterocycles. The summed E-state index contributed by atoms with van der Waals surface area (Å²) < 4.78 is 1.92. The first-order valence-electron chi connectivity index (χ1n) is 8.49. The highest BCUT2D eigenvalue weighted by Gasteiger charge is 2.09. The van der Waals surface area contributed by atoms with E-state index in [4.69, 9.17) is 4.99 Å². The van der Waals surface area contributed by atoms with Crippen molar-refractivity contribution in [3.8, 4) is 0 Å². The van der Waals surface area contributed by atoms with Crippen molar-refractivity contribution < 1.29 is 0 Å². The van der Waals surface area contributed by atoms with E-state index in [0.717, 1.165) is 24.7 Å². The number of rotatable bonds is 5. The predicted octanol–water partition coefficient (Wildman–Crippen LogP) is 3.53. The lowest BCUT2D eigenvalue weighted by atomic mass is 10.1. The number of aliphatic imine (C=N–C) groups is 1. The zero-order chi connectivity index (χ0) is 17.7. The second-order valence-corrected chi connectivity index (χ2v) is 6.25. The summed E-state index contributed by atoms with van der Waals surface area (Å²) in [7, 11) is 1.98. The molecule has 0 amide bonds. The molecule has 138 valence electrons. The molecule has 0 saturated carbocycles. The van der Waals surface area contributed by atoms with E-state index < -0.39 is 0 Å². The summed E-state index contributed by atoms with van der Waals surface area (Å²) in [6.45, 7) is 12.7. The Hall–Kier alpha value is -1.57. The van der Waals surface area contributed by atoms with Crippen LogP contribution in [0.4, 0.5) is 0 Å². The maximum atomic E-state index is 4.72. The third-order valence-electron chi connectivity index (χ3n) is 4.34. The van der Waals surface area contributed by atoms with E-state index in [0.29, 0.717) is 6.54 Å². The second-order valence-electron chi connectivity index (χ2n) is 6.25. The van der Waals surface area contributed by atoms with Gasteiger partial charge in [-0.05, 0) is 45.7 Å². The van der Waals surface area contributed by atoms with Crippen molar-refractivity contribution >= 4 is 29.9 Å². The highest BCUT2D eigenvalue weighted by Crippen LogP contribution is 2.12. The van der Waals surface area contributed by atoms with Crippen molar-refractivity contribution in [2.24, 2.45) is 12.0 Å². The Balaban J connectivity index is 0.00000312. The van der Waals surface area contributed by atoms with Gasteiger partial charge in [-0.25, -0.2) is 4.99 Å². The van der Waals surface area contributed by atoms with Crippen molar-refractivity contribution in [3.63, 3.8) is 0 Å². The molecule has 0 radical (unpaired) electrons. The van der Waals surface area contributed by atoms with Gasteiger partial charge in [-0.2, -0.15) is 5.10 Å². The topological polar surface area (TPSA) is 54.2 Å². The molecule has 0 unspecified atom stereocenters. The Morgan fingerprint density at radius 1 is 1.16 bits per heavy atom. The second kappa shape index (κ2) is 9.79. The van der Waals surface area contributed by atoms with Crippen LogP contribution < -0.4 is 10.6 Å². The molecule has 2 aromatic rings. The molecule has 0 spiro atoms. The van der Waals surface area contributed by atoms with E-state index in [2.05, 4.69) is 61.6 Å². The molecule has 2 N–H and O–H groups in total. The predicted molar refractivity (Wildman–Crippen MR) is 116 cm³/mol. The van der Waals surface area contributed by atoms with Gasteiger partial charge in [0, 0.05) is 31.4 Å². The minimum atomic E-state index is 0. The fraction of sp³-hybridized carbons (Fsp3) is 0.474. The van der Waals surface area contributed by atoms with Gasteiger partial charge < -0.3 is 10.6 Å². The Morgan fingerprint density at radius 2 is 1.88 bits per heavy atom. The lowest BCUT2D eigenvalue weighted by Gasteiger charge is -2.12. The van der Waals surface area contributed by atoms with E-state index >= 15 is 0 Å². The van der Waals surface area contributed by atoms with Crippen molar-refractivity contribution in [2.45, 2.75) is 47.7 Å². The summed E-state index contributed by atoms with van der Waals surface area (Å²) in [4.78, 5) is 4.72. The smallest absolute Gasteiger partial charge is 0.191 e. The van der Waals surface area contributed by atoms with Crippen LogP contribution >= 0.6 is 24.0 Å². The number of aryl methyl sites for hydroxylation is 4. The largest absolute Gasteiger partial charge is 0.357 e. The minimum Gasteiger partial charge on any atom is -0.357 e. The molecule has 5 nitrogen and oxygen atoms in total. The molecule has 0 fully saturated rings. The van der Waals surface area contributed by atoms with Gasteiger partial charge in [-0.15, -0.1) is 24.0 Å². The first kappa shape index (κ1) is 21.5. The summed E-state index contributed by atoms with van der Waals surface area (Å²) in [5.74, 6) is 0.833. The quantitative estimate of drug-likeness (QED) is 0.412. The zero-order valence-corrected chi connectivity index (χ0v) is 18.4. The van der Waals surface area contributed by atoms with Crippen molar-refractivity contribution in [1.82, 2.24) is 20.4 Å². The van der Waals surface area contributed by atoms with Gasteiger partial charge in [0.25, 0.3) is 0 Å². The van der Waals surface area contributed by atoms with Crippen LogP contribution in [0.1, 0.15) is 40.6 Å². The fourth-order valence-electron chi connectivity index (χ4n) is 2.77. The van der Waals surface area contributed by atoms with Crippen LogP contribution in [0.25, 0.3) is 0 Å². The summed E-state index contributed by atoms with van der Waals surface area (Å²) >= 11 is 0. The third-order valence-corrected chi connectivity index (χ3v) is 4.34. The van der Waals surface area contributed by atoms with Gasteiger partial charge in [0.1, 0.15) is 0 Å². The van der Waals surface area contributed by atoms with E-state index in [9.17, 15) is 0 Å². The van der Waals surface area contributed by atoms with Gasteiger partial charge in [0.2, 0.25) is 0 Å². The van der Waals surface area contributed by atoms with Crippen LogP contribution in [0.2, 0.25) is 0 Å². The Bertz CT molecular complexity index is 734. The standard InChI is InChI=1S/C19H29N5.HI/c1-7-20-19(21-11-17-9-8-13(2)10-14(17)3)22-12-18-15(4)23-24(6)16(18)5;/h8-10H,7,11-12H2,1-6H3,(H2,20,21,22);1H. The van der Waals surface area contributed by atoms with Crippen LogP contribution in [0, 0.1) is 27.7 Å². The molecule has 2 rings (SSSR count). The van der Waals surface area contributed by atoms with Crippen LogP contribution in [0.5, 0.6) is 0 Å². The summed E-state index contributed by atoms with van der Waals surface area (Å²) in [5.41, 5.74) is 7.31. The number of halogens is 1. The fourth-order valence-corrected chi connectivity index (χ4v) is 2.77. The minimum absolute atomic E-state index is 0. The molecule has 1 aromatic heterocycles. The number of hydrogen-bond donors (Lipinski definition) is 2. The highest BCUT2D eigenvalue weighted by molar-refractivity contribution is 14.0. The third kappa shape index (κ3) is 5.73.